The molecule has 0 saturated carbocycles. The Bertz CT molecular complexity index is 664. The summed E-state index contributed by atoms with van der Waals surface area (Å²) in [6, 6.07) is 7.11. The van der Waals surface area contributed by atoms with Crippen LogP contribution in [0.1, 0.15) is 13.3 Å². The fraction of sp³-hybridized carbons (Fsp3) is 0.308. The monoisotopic (exact) mass is 331 g/mol. The van der Waals surface area contributed by atoms with Crippen LogP contribution in [0.15, 0.2) is 29.4 Å². The average molecular weight is 331 g/mol. The van der Waals surface area contributed by atoms with Gasteiger partial charge < -0.3 is 4.74 Å². The molecular weight excluding hydrogens is 319 g/mol. The van der Waals surface area contributed by atoms with Gasteiger partial charge in [-0.3, -0.25) is 10.2 Å². The van der Waals surface area contributed by atoms with Gasteiger partial charge in [-0.05, 0) is 19.1 Å². The van der Waals surface area contributed by atoms with Gasteiger partial charge in [0.2, 0.25) is 5.13 Å². The number of alkyl halides is 3. The number of carbonyl (C=O) groups excluding carboxylic acids is 1. The Morgan fingerprint density at radius 2 is 2.14 bits per heavy atom. The van der Waals surface area contributed by atoms with Crippen LogP contribution in [0.5, 0.6) is 0 Å². The van der Waals surface area contributed by atoms with Crippen LogP contribution in [0, 0.1) is 0 Å². The molecule has 5 nitrogen and oxygen atoms in total. The van der Waals surface area contributed by atoms with Gasteiger partial charge in [-0.25, -0.2) is 4.98 Å². The van der Waals surface area contributed by atoms with Crippen molar-refractivity contribution < 1.29 is 22.7 Å². The lowest BCUT2D eigenvalue weighted by atomic mass is 10.2. The Labute approximate surface area is 127 Å². The Kier molecular flexibility index (Phi) is 4.96. The van der Waals surface area contributed by atoms with E-state index in [-0.39, 0.29) is 11.7 Å². The molecule has 1 heterocycles. The number of aromatic nitrogens is 1. The van der Waals surface area contributed by atoms with E-state index in [9.17, 15) is 18.0 Å². The SMILES string of the molecule is CCOC(=O)C/C(=N\Nc1nc2ccccc2s1)C(F)(F)F. The summed E-state index contributed by atoms with van der Waals surface area (Å²) in [6.07, 6.45) is -5.67. The molecule has 0 spiro atoms. The Morgan fingerprint density at radius 1 is 1.41 bits per heavy atom. The van der Waals surface area contributed by atoms with Crippen LogP contribution in [0.2, 0.25) is 0 Å². The molecule has 0 aliphatic rings. The van der Waals surface area contributed by atoms with Gasteiger partial charge in [0.15, 0.2) is 5.71 Å². The van der Waals surface area contributed by atoms with Gasteiger partial charge in [0.05, 0.1) is 23.2 Å². The van der Waals surface area contributed by atoms with Gasteiger partial charge in [-0.1, -0.05) is 23.5 Å². The molecule has 1 N–H and O–H groups in total. The van der Waals surface area contributed by atoms with E-state index in [2.05, 4.69) is 20.2 Å². The first-order chi connectivity index (χ1) is 10.4. The highest BCUT2D eigenvalue weighted by molar-refractivity contribution is 7.22. The van der Waals surface area contributed by atoms with E-state index in [1.165, 1.54) is 18.3 Å². The third-order valence-corrected chi connectivity index (χ3v) is 3.47. The molecule has 2 rings (SSSR count). The van der Waals surface area contributed by atoms with E-state index in [1.54, 1.807) is 24.3 Å². The molecule has 22 heavy (non-hydrogen) atoms. The average Bonchev–Trinajstić information content (AvgIpc) is 2.85. The van der Waals surface area contributed by atoms with E-state index in [0.29, 0.717) is 5.52 Å². The molecular formula is C13H12F3N3O2S. The molecule has 0 atom stereocenters. The number of nitrogens with zero attached hydrogens (tertiary/aromatic N) is 2. The Morgan fingerprint density at radius 3 is 2.77 bits per heavy atom. The molecule has 0 aliphatic heterocycles. The molecule has 2 aromatic rings. The highest BCUT2D eigenvalue weighted by atomic mass is 32.1. The van der Waals surface area contributed by atoms with Crippen LogP contribution in [0.3, 0.4) is 0 Å². The number of hydrogen-bond acceptors (Lipinski definition) is 6. The van der Waals surface area contributed by atoms with E-state index >= 15 is 0 Å². The summed E-state index contributed by atoms with van der Waals surface area (Å²) in [4.78, 5) is 15.3. The number of benzene rings is 1. The van der Waals surface area contributed by atoms with Crippen LogP contribution in [0.4, 0.5) is 18.3 Å². The molecule has 0 radical (unpaired) electrons. The summed E-state index contributed by atoms with van der Waals surface area (Å²) in [5, 5.41) is 3.49. The maximum atomic E-state index is 12.8. The fourth-order valence-electron chi connectivity index (χ4n) is 1.59. The number of para-hydroxylation sites is 1. The smallest absolute Gasteiger partial charge is 0.431 e. The predicted octanol–water partition coefficient (Wildman–Crippen LogP) is 3.58. The summed E-state index contributed by atoms with van der Waals surface area (Å²) in [5.41, 5.74) is 1.65. The summed E-state index contributed by atoms with van der Waals surface area (Å²) in [7, 11) is 0. The zero-order valence-corrected chi connectivity index (χ0v) is 12.3. The van der Waals surface area contributed by atoms with Crippen molar-refractivity contribution in [3.63, 3.8) is 0 Å². The predicted molar refractivity (Wildman–Crippen MR) is 78.0 cm³/mol. The zero-order valence-electron chi connectivity index (χ0n) is 11.5. The number of carbonyl (C=O) groups is 1. The molecule has 0 saturated heterocycles. The highest BCUT2D eigenvalue weighted by Crippen LogP contribution is 2.26. The summed E-state index contributed by atoms with van der Waals surface area (Å²) in [6.45, 7) is 1.52. The van der Waals surface area contributed by atoms with Crippen molar-refractivity contribution in [1.29, 1.82) is 0 Å². The first-order valence-corrected chi connectivity index (χ1v) is 7.12. The summed E-state index contributed by atoms with van der Waals surface area (Å²) in [5.74, 6) is -0.982. The minimum Gasteiger partial charge on any atom is -0.466 e. The van der Waals surface area contributed by atoms with Gasteiger partial charge in [-0.2, -0.15) is 18.3 Å². The van der Waals surface area contributed by atoms with Gasteiger partial charge in [0, 0.05) is 0 Å². The molecule has 0 aliphatic carbocycles. The third kappa shape index (κ3) is 4.17. The lowest BCUT2D eigenvalue weighted by molar-refractivity contribution is -0.142. The molecule has 9 heteroatoms. The van der Waals surface area contributed by atoms with Crippen molar-refractivity contribution in [2.45, 2.75) is 19.5 Å². The van der Waals surface area contributed by atoms with Crippen LogP contribution < -0.4 is 5.43 Å². The normalized spacial score (nSPS) is 12.5. The largest absolute Gasteiger partial charge is 0.466 e. The summed E-state index contributed by atoms with van der Waals surface area (Å²) < 4.78 is 43.8. The lowest BCUT2D eigenvalue weighted by Crippen LogP contribution is -2.27. The molecule has 118 valence electrons. The molecule has 1 aromatic heterocycles. The van der Waals surface area contributed by atoms with E-state index in [0.717, 1.165) is 4.70 Å². The van der Waals surface area contributed by atoms with E-state index < -0.39 is 24.3 Å². The van der Waals surface area contributed by atoms with Crippen LogP contribution >= 0.6 is 11.3 Å². The summed E-state index contributed by atoms with van der Waals surface area (Å²) >= 11 is 1.17. The Hall–Kier alpha value is -2.16. The number of anilines is 1. The van der Waals surface area contributed by atoms with E-state index in [4.69, 9.17) is 0 Å². The number of nitrogens with one attached hydrogen (secondary N) is 1. The molecule has 1 aromatic carbocycles. The van der Waals surface area contributed by atoms with Crippen molar-refractivity contribution in [2.75, 3.05) is 12.0 Å². The quantitative estimate of drug-likeness (QED) is 0.517. The van der Waals surface area contributed by atoms with Gasteiger partial charge >= 0.3 is 12.1 Å². The third-order valence-electron chi connectivity index (χ3n) is 2.52. The minimum atomic E-state index is -4.73. The number of esters is 1. The first kappa shape index (κ1) is 16.2. The number of ether oxygens (including phenoxy) is 1. The Balaban J connectivity index is 2.16. The minimum absolute atomic E-state index is 0.00920. The highest BCUT2D eigenvalue weighted by Gasteiger charge is 2.37. The van der Waals surface area contributed by atoms with Crippen molar-refractivity contribution in [2.24, 2.45) is 5.10 Å². The maximum absolute atomic E-state index is 12.8. The topological polar surface area (TPSA) is 63.6 Å². The van der Waals surface area contributed by atoms with Gasteiger partial charge in [0.25, 0.3) is 0 Å². The van der Waals surface area contributed by atoms with Crippen LogP contribution in [0.25, 0.3) is 10.2 Å². The maximum Gasteiger partial charge on any atom is 0.431 e. The number of halogens is 3. The van der Waals surface area contributed by atoms with Gasteiger partial charge in [0.1, 0.15) is 0 Å². The van der Waals surface area contributed by atoms with Crippen molar-refractivity contribution in [1.82, 2.24) is 4.98 Å². The first-order valence-electron chi connectivity index (χ1n) is 6.31. The van der Waals surface area contributed by atoms with Crippen molar-refractivity contribution >= 4 is 38.4 Å². The second-order valence-corrected chi connectivity index (χ2v) is 5.17. The second kappa shape index (κ2) is 6.73. The fourth-order valence-corrected chi connectivity index (χ4v) is 2.40. The molecule has 0 amide bonds. The molecule has 0 fully saturated rings. The number of hydrogen-bond donors (Lipinski definition) is 1. The standard InChI is InChI=1S/C13H12F3N3O2S/c1-2-21-11(20)7-10(13(14,15)16)18-19-12-17-8-5-3-4-6-9(8)22-12/h3-6H,2,7H2,1H3,(H,17,19)/b18-10+. The zero-order chi connectivity index (χ0) is 16.2. The van der Waals surface area contributed by atoms with Gasteiger partial charge in [-0.15, -0.1) is 0 Å². The lowest BCUT2D eigenvalue weighted by Gasteiger charge is -2.09. The van der Waals surface area contributed by atoms with Crippen LogP contribution in [-0.4, -0.2) is 29.4 Å². The van der Waals surface area contributed by atoms with Crippen molar-refractivity contribution in [3.05, 3.63) is 24.3 Å². The number of thiazole rings is 1. The number of fused-ring (bicyclic) bond motifs is 1. The second-order valence-electron chi connectivity index (χ2n) is 4.14. The number of hydrazone groups is 1. The number of rotatable bonds is 5. The van der Waals surface area contributed by atoms with E-state index in [1.807, 2.05) is 0 Å². The molecule has 0 bridgehead atoms. The molecule has 0 unspecified atom stereocenters. The van der Waals surface area contributed by atoms with Crippen molar-refractivity contribution in [3.8, 4) is 0 Å². The van der Waals surface area contributed by atoms with Crippen LogP contribution in [-0.2, 0) is 9.53 Å².